The average Bonchev–Trinajstić information content (AvgIpc) is 2.95. The zero-order valence-corrected chi connectivity index (χ0v) is 23.7. The van der Waals surface area contributed by atoms with E-state index in [9.17, 15) is 15.0 Å². The number of hydrogen-bond acceptors (Lipinski definition) is 5. The Morgan fingerprint density at radius 3 is 2.61 bits per heavy atom. The molecule has 2 atom stereocenters. The number of hydrogen-bond donors (Lipinski definition) is 2. The number of fused-ring (bicyclic) bond motifs is 1. The Balaban J connectivity index is 0.00000210. The summed E-state index contributed by atoms with van der Waals surface area (Å²) in [4.78, 5) is 12.0. The molecular formula is C31H31NaO6. The first kappa shape index (κ1) is 28.3. The molecule has 192 valence electrons. The summed E-state index contributed by atoms with van der Waals surface area (Å²) in [5.74, 6) is -0.440. The molecule has 1 saturated heterocycles. The van der Waals surface area contributed by atoms with Gasteiger partial charge in [-0.05, 0) is 63.7 Å². The van der Waals surface area contributed by atoms with E-state index in [-0.39, 0.29) is 55.4 Å². The minimum absolute atomic E-state index is 0. The number of benzene rings is 4. The molecule has 1 aliphatic rings. The molecular weight excluding hydrogens is 491 g/mol. The molecule has 1 heterocycles. The molecule has 7 heteroatoms. The normalized spacial score (nSPS) is 17.1. The second-order valence-corrected chi connectivity index (χ2v) is 9.27. The molecule has 0 aromatic heterocycles. The zero-order valence-electron chi connectivity index (χ0n) is 22.7. The van der Waals surface area contributed by atoms with E-state index >= 15 is 0 Å². The number of carboxylic acid groups (broad SMARTS) is 1. The van der Waals surface area contributed by atoms with Gasteiger partial charge >= 0.3 is 35.5 Å². The van der Waals surface area contributed by atoms with Crippen LogP contribution < -0.4 is 34.3 Å². The van der Waals surface area contributed by atoms with E-state index in [1.165, 1.54) is 0 Å². The van der Waals surface area contributed by atoms with Gasteiger partial charge in [0.2, 0.25) is 0 Å². The van der Waals surface area contributed by atoms with Crippen molar-refractivity contribution in [2.45, 2.75) is 38.3 Å². The van der Waals surface area contributed by atoms with Crippen molar-refractivity contribution in [2.24, 2.45) is 0 Å². The number of ether oxygens (including phenoxy) is 3. The van der Waals surface area contributed by atoms with Crippen molar-refractivity contribution in [3.63, 3.8) is 0 Å². The average molecular weight is 523 g/mol. The van der Waals surface area contributed by atoms with Crippen molar-refractivity contribution in [2.75, 3.05) is 13.7 Å². The van der Waals surface area contributed by atoms with Gasteiger partial charge in [-0.3, -0.25) is 0 Å². The van der Waals surface area contributed by atoms with Gasteiger partial charge in [0.25, 0.3) is 0 Å². The Morgan fingerprint density at radius 1 is 1.05 bits per heavy atom. The van der Waals surface area contributed by atoms with Gasteiger partial charge in [0.05, 0.1) is 24.4 Å². The minimum atomic E-state index is -1.08. The first-order chi connectivity index (χ1) is 18.1. The van der Waals surface area contributed by atoms with Gasteiger partial charge in [-0.25, -0.2) is 4.79 Å². The molecule has 0 amide bonds. The topological polar surface area (TPSA) is 85.2 Å². The second-order valence-electron chi connectivity index (χ2n) is 9.27. The molecule has 2 unspecified atom stereocenters. The molecule has 0 aliphatic carbocycles. The van der Waals surface area contributed by atoms with Gasteiger partial charge in [-0.2, -0.15) is 0 Å². The summed E-state index contributed by atoms with van der Waals surface area (Å²) in [5, 5.41) is 21.5. The molecule has 38 heavy (non-hydrogen) atoms. The maximum absolute atomic E-state index is 12.0. The quantitative estimate of drug-likeness (QED) is 0.346. The Kier molecular flexibility index (Phi) is 9.60. The van der Waals surface area contributed by atoms with Crippen LogP contribution in [0, 0.1) is 0 Å². The van der Waals surface area contributed by atoms with Crippen LogP contribution in [-0.4, -0.2) is 36.0 Å². The maximum atomic E-state index is 12.0. The van der Waals surface area contributed by atoms with E-state index in [2.05, 4.69) is 12.1 Å². The van der Waals surface area contributed by atoms with Crippen molar-refractivity contribution < 1.29 is 60.2 Å². The Labute approximate surface area is 245 Å². The van der Waals surface area contributed by atoms with E-state index in [1.807, 2.05) is 60.7 Å². The predicted molar refractivity (Wildman–Crippen MR) is 143 cm³/mol. The SMILES string of the molecule is COC1CCOC(c2cccc(COc3ccc4c(-c5ccccc5)c(CO)c(C(=O)O)cc4c3)c2)C1.[H-].[Na+]. The fourth-order valence-corrected chi connectivity index (χ4v) is 5.07. The van der Waals surface area contributed by atoms with E-state index in [0.29, 0.717) is 24.5 Å². The summed E-state index contributed by atoms with van der Waals surface area (Å²) < 4.78 is 17.6. The van der Waals surface area contributed by atoms with Gasteiger partial charge in [-0.15, -0.1) is 0 Å². The Hall–Kier alpha value is -2.71. The summed E-state index contributed by atoms with van der Waals surface area (Å²) in [5.41, 5.74) is 4.19. The molecule has 4 aromatic carbocycles. The fourth-order valence-electron chi connectivity index (χ4n) is 5.07. The van der Waals surface area contributed by atoms with Crippen LogP contribution in [-0.2, 0) is 22.7 Å². The molecule has 2 N–H and O–H groups in total. The van der Waals surface area contributed by atoms with E-state index in [1.54, 1.807) is 13.2 Å². The zero-order chi connectivity index (χ0) is 25.8. The Morgan fingerprint density at radius 2 is 1.87 bits per heavy atom. The molecule has 0 bridgehead atoms. The van der Waals surface area contributed by atoms with Crippen molar-refractivity contribution in [3.8, 4) is 16.9 Å². The number of rotatable bonds is 8. The first-order valence-electron chi connectivity index (χ1n) is 12.4. The van der Waals surface area contributed by atoms with Crippen molar-refractivity contribution in [1.29, 1.82) is 0 Å². The third-order valence-electron chi connectivity index (χ3n) is 6.97. The van der Waals surface area contributed by atoms with Gasteiger partial charge in [-0.1, -0.05) is 54.6 Å². The summed E-state index contributed by atoms with van der Waals surface area (Å²) in [6, 6.07) is 25.0. The third-order valence-corrected chi connectivity index (χ3v) is 6.97. The largest absolute Gasteiger partial charge is 1.00 e. The molecule has 4 aromatic rings. The van der Waals surface area contributed by atoms with Crippen LogP contribution in [0.3, 0.4) is 0 Å². The smallest absolute Gasteiger partial charge is 1.00 e. The summed E-state index contributed by atoms with van der Waals surface area (Å²) in [6.07, 6.45) is 1.95. The second kappa shape index (κ2) is 12.9. The van der Waals surface area contributed by atoms with Crippen LogP contribution in [0.25, 0.3) is 21.9 Å². The fraction of sp³-hybridized carbons (Fsp3) is 0.258. The number of methoxy groups -OCH3 is 1. The number of aromatic carboxylic acids is 1. The number of aliphatic hydroxyl groups excluding tert-OH is 1. The molecule has 0 spiro atoms. The molecule has 0 radical (unpaired) electrons. The number of carboxylic acids is 1. The van der Waals surface area contributed by atoms with Crippen LogP contribution in [0.4, 0.5) is 0 Å². The standard InChI is InChI=1S/C31H30O6.Na.H/c1-35-24-12-13-36-29(17-24)22-9-5-6-20(14-22)19-37-25-10-11-26-23(15-25)16-27(31(33)34)28(18-32)30(26)21-7-3-2-4-8-21;;/h2-11,14-16,24,29,32H,12-13,17-19H2,1H3,(H,33,34);;/q;+1;-1. The van der Waals surface area contributed by atoms with Gasteiger partial charge < -0.3 is 25.9 Å². The van der Waals surface area contributed by atoms with E-state index < -0.39 is 5.97 Å². The molecule has 6 nitrogen and oxygen atoms in total. The maximum Gasteiger partial charge on any atom is 1.00 e. The molecule has 1 fully saturated rings. The van der Waals surface area contributed by atoms with Crippen LogP contribution >= 0.6 is 0 Å². The van der Waals surface area contributed by atoms with Crippen molar-refractivity contribution >= 4 is 16.7 Å². The van der Waals surface area contributed by atoms with Gasteiger partial charge in [0, 0.05) is 25.7 Å². The van der Waals surface area contributed by atoms with Crippen LogP contribution in [0.15, 0.2) is 78.9 Å². The number of aliphatic hydroxyl groups is 1. The van der Waals surface area contributed by atoms with Crippen LogP contribution in [0.2, 0.25) is 0 Å². The van der Waals surface area contributed by atoms with Crippen molar-refractivity contribution in [1.82, 2.24) is 0 Å². The van der Waals surface area contributed by atoms with Crippen LogP contribution in [0.1, 0.15) is 47.4 Å². The summed E-state index contributed by atoms with van der Waals surface area (Å²) in [7, 11) is 1.74. The van der Waals surface area contributed by atoms with Gasteiger partial charge in [0.15, 0.2) is 0 Å². The minimum Gasteiger partial charge on any atom is -1.00 e. The Bertz CT molecular complexity index is 1410. The predicted octanol–water partition coefficient (Wildman–Crippen LogP) is 3.26. The summed E-state index contributed by atoms with van der Waals surface area (Å²) >= 11 is 0. The monoisotopic (exact) mass is 522 g/mol. The molecule has 1 aliphatic heterocycles. The molecule has 5 rings (SSSR count). The third kappa shape index (κ3) is 6.12. The summed E-state index contributed by atoms with van der Waals surface area (Å²) in [6.45, 7) is 0.681. The van der Waals surface area contributed by atoms with E-state index in [0.717, 1.165) is 45.9 Å². The van der Waals surface area contributed by atoms with E-state index in [4.69, 9.17) is 14.2 Å². The molecule has 0 saturated carbocycles. The van der Waals surface area contributed by atoms with Crippen molar-refractivity contribution in [3.05, 3.63) is 101 Å². The van der Waals surface area contributed by atoms with Gasteiger partial charge in [0.1, 0.15) is 12.4 Å². The first-order valence-corrected chi connectivity index (χ1v) is 12.4. The number of carbonyl (C=O) groups is 1. The van der Waals surface area contributed by atoms with Crippen LogP contribution in [0.5, 0.6) is 5.75 Å².